The van der Waals surface area contributed by atoms with Gasteiger partial charge in [-0.15, -0.1) is 0 Å². The lowest BCUT2D eigenvalue weighted by atomic mass is 10.3. The van der Waals surface area contributed by atoms with Gasteiger partial charge in [-0.1, -0.05) is 6.07 Å². The topological polar surface area (TPSA) is 97.1 Å². The first-order valence-corrected chi connectivity index (χ1v) is 4.35. The van der Waals surface area contributed by atoms with Gasteiger partial charge in [0.15, 0.2) is 0 Å². The Kier molecular flexibility index (Phi) is 3.75. The van der Waals surface area contributed by atoms with Gasteiger partial charge in [0.1, 0.15) is 0 Å². The largest absolute Gasteiger partial charge is 0.342 e. The Morgan fingerprint density at radius 2 is 2.13 bits per heavy atom. The van der Waals surface area contributed by atoms with Crippen molar-refractivity contribution < 1.29 is 9.59 Å². The van der Waals surface area contributed by atoms with E-state index in [1.54, 1.807) is 11.5 Å². The summed E-state index contributed by atoms with van der Waals surface area (Å²) in [4.78, 5) is 25.9. The summed E-state index contributed by atoms with van der Waals surface area (Å²) in [7, 11) is 0. The van der Waals surface area contributed by atoms with Gasteiger partial charge in [-0.3, -0.25) is 20.0 Å². The molecule has 0 bridgehead atoms. The molecule has 1 aromatic heterocycles. The van der Waals surface area contributed by atoms with Crippen LogP contribution in [0.3, 0.4) is 0 Å². The van der Waals surface area contributed by atoms with E-state index < -0.39 is 11.8 Å². The molecule has 0 unspecified atom stereocenters. The number of carbonyl (C=O) groups is 2. The number of hydrazine groups is 1. The van der Waals surface area contributed by atoms with Gasteiger partial charge < -0.3 is 5.32 Å². The van der Waals surface area contributed by atoms with Crippen molar-refractivity contribution in [2.75, 3.05) is 0 Å². The molecule has 0 aliphatic carbocycles. The van der Waals surface area contributed by atoms with Crippen molar-refractivity contribution in [2.45, 2.75) is 13.5 Å². The number of nitrogens with two attached hydrogens (primary N) is 1. The molecule has 0 atom stereocenters. The van der Waals surface area contributed by atoms with Gasteiger partial charge in [-0.2, -0.15) is 0 Å². The van der Waals surface area contributed by atoms with Gasteiger partial charge in [-0.25, -0.2) is 5.84 Å². The SMILES string of the molecule is Cc1cccc(CNC(=O)C(=O)NN)n1. The summed E-state index contributed by atoms with van der Waals surface area (Å²) >= 11 is 0. The maximum absolute atomic E-state index is 11.0. The Labute approximate surface area is 86.8 Å². The maximum Gasteiger partial charge on any atom is 0.323 e. The van der Waals surface area contributed by atoms with Crippen LogP contribution in [-0.4, -0.2) is 16.8 Å². The Balaban J connectivity index is 2.50. The Hall–Kier alpha value is -1.95. The molecule has 80 valence electrons. The standard InChI is InChI=1S/C9H12N4O2/c1-6-3-2-4-7(12-6)5-11-8(14)9(15)13-10/h2-4H,5,10H2,1H3,(H,11,14)(H,13,15). The van der Waals surface area contributed by atoms with Crippen LogP contribution < -0.4 is 16.6 Å². The van der Waals surface area contributed by atoms with E-state index in [2.05, 4.69) is 10.3 Å². The van der Waals surface area contributed by atoms with Crippen LogP contribution in [0, 0.1) is 6.92 Å². The second-order valence-electron chi connectivity index (χ2n) is 2.93. The quantitative estimate of drug-likeness (QED) is 0.251. The smallest absolute Gasteiger partial charge is 0.323 e. The number of hydrogen-bond donors (Lipinski definition) is 3. The molecular weight excluding hydrogens is 196 g/mol. The number of aromatic nitrogens is 1. The zero-order chi connectivity index (χ0) is 11.3. The first-order chi connectivity index (χ1) is 7.13. The van der Waals surface area contributed by atoms with Crippen molar-refractivity contribution in [3.63, 3.8) is 0 Å². The number of amides is 2. The van der Waals surface area contributed by atoms with Crippen molar-refractivity contribution in [3.05, 3.63) is 29.6 Å². The van der Waals surface area contributed by atoms with Gasteiger partial charge in [0.2, 0.25) is 0 Å². The fourth-order valence-corrected chi connectivity index (χ4v) is 1.01. The van der Waals surface area contributed by atoms with E-state index in [4.69, 9.17) is 5.84 Å². The van der Waals surface area contributed by atoms with E-state index in [1.165, 1.54) is 0 Å². The van der Waals surface area contributed by atoms with Crippen LogP contribution >= 0.6 is 0 Å². The summed E-state index contributed by atoms with van der Waals surface area (Å²) in [5.41, 5.74) is 3.28. The molecule has 0 fully saturated rings. The van der Waals surface area contributed by atoms with Crippen LogP contribution in [0.1, 0.15) is 11.4 Å². The third-order valence-corrected chi connectivity index (χ3v) is 1.71. The molecule has 0 radical (unpaired) electrons. The molecule has 15 heavy (non-hydrogen) atoms. The van der Waals surface area contributed by atoms with Crippen molar-refractivity contribution in [1.82, 2.24) is 15.7 Å². The molecule has 2 amide bonds. The number of hydrogen-bond acceptors (Lipinski definition) is 4. The van der Waals surface area contributed by atoms with Crippen molar-refractivity contribution in [2.24, 2.45) is 5.84 Å². The molecule has 0 aliphatic rings. The highest BCUT2D eigenvalue weighted by atomic mass is 16.2. The highest BCUT2D eigenvalue weighted by Gasteiger charge is 2.10. The molecule has 1 rings (SSSR count). The Morgan fingerprint density at radius 3 is 2.73 bits per heavy atom. The Morgan fingerprint density at radius 1 is 1.40 bits per heavy atom. The van der Waals surface area contributed by atoms with Gasteiger partial charge in [0, 0.05) is 5.69 Å². The molecule has 0 aromatic carbocycles. The summed E-state index contributed by atoms with van der Waals surface area (Å²) in [5, 5.41) is 2.38. The fourth-order valence-electron chi connectivity index (χ4n) is 1.01. The lowest BCUT2D eigenvalue weighted by molar-refractivity contribution is -0.139. The van der Waals surface area contributed by atoms with E-state index in [0.717, 1.165) is 5.69 Å². The molecule has 0 spiro atoms. The third-order valence-electron chi connectivity index (χ3n) is 1.71. The van der Waals surface area contributed by atoms with E-state index in [-0.39, 0.29) is 6.54 Å². The minimum atomic E-state index is -0.873. The monoisotopic (exact) mass is 208 g/mol. The highest BCUT2D eigenvalue weighted by Crippen LogP contribution is 1.96. The predicted molar refractivity (Wildman–Crippen MR) is 53.2 cm³/mol. The van der Waals surface area contributed by atoms with Crippen LogP contribution in [-0.2, 0) is 16.1 Å². The lowest BCUT2D eigenvalue weighted by Crippen LogP contribution is -2.42. The average molecular weight is 208 g/mol. The highest BCUT2D eigenvalue weighted by molar-refractivity contribution is 6.34. The van der Waals surface area contributed by atoms with E-state index in [9.17, 15) is 9.59 Å². The zero-order valence-electron chi connectivity index (χ0n) is 8.28. The summed E-state index contributed by atoms with van der Waals surface area (Å²) in [6, 6.07) is 5.43. The minimum absolute atomic E-state index is 0.202. The van der Waals surface area contributed by atoms with Gasteiger partial charge in [-0.05, 0) is 19.1 Å². The predicted octanol–water partition coefficient (Wildman–Crippen LogP) is -1.00. The number of nitrogens with one attached hydrogen (secondary N) is 2. The van der Waals surface area contributed by atoms with E-state index in [1.807, 2.05) is 19.1 Å². The number of pyridine rings is 1. The average Bonchev–Trinajstić information content (AvgIpc) is 2.25. The van der Waals surface area contributed by atoms with Crippen molar-refractivity contribution in [1.29, 1.82) is 0 Å². The van der Waals surface area contributed by atoms with Crippen LogP contribution in [0.2, 0.25) is 0 Å². The molecule has 1 heterocycles. The summed E-state index contributed by atoms with van der Waals surface area (Å²) < 4.78 is 0. The Bertz CT molecular complexity index is 378. The van der Waals surface area contributed by atoms with E-state index >= 15 is 0 Å². The second kappa shape index (κ2) is 5.06. The molecule has 4 N–H and O–H groups in total. The summed E-state index contributed by atoms with van der Waals surface area (Å²) in [6.45, 7) is 2.05. The van der Waals surface area contributed by atoms with Gasteiger partial charge in [0.25, 0.3) is 0 Å². The first kappa shape index (κ1) is 11.1. The molecule has 1 aromatic rings. The van der Waals surface area contributed by atoms with Gasteiger partial charge >= 0.3 is 11.8 Å². The van der Waals surface area contributed by atoms with Gasteiger partial charge in [0.05, 0.1) is 12.2 Å². The summed E-state index contributed by atoms with van der Waals surface area (Å²) in [5.74, 6) is 3.14. The number of carbonyl (C=O) groups excluding carboxylic acids is 2. The molecule has 0 saturated heterocycles. The van der Waals surface area contributed by atoms with Crippen LogP contribution in [0.5, 0.6) is 0 Å². The lowest BCUT2D eigenvalue weighted by Gasteiger charge is -2.03. The maximum atomic E-state index is 11.0. The summed E-state index contributed by atoms with van der Waals surface area (Å²) in [6.07, 6.45) is 0. The van der Waals surface area contributed by atoms with Crippen LogP contribution in [0.25, 0.3) is 0 Å². The number of aryl methyl sites for hydroxylation is 1. The zero-order valence-corrected chi connectivity index (χ0v) is 8.28. The van der Waals surface area contributed by atoms with E-state index in [0.29, 0.717) is 5.69 Å². The second-order valence-corrected chi connectivity index (χ2v) is 2.93. The van der Waals surface area contributed by atoms with Crippen molar-refractivity contribution >= 4 is 11.8 Å². The molecule has 6 heteroatoms. The molecule has 0 aliphatic heterocycles. The van der Waals surface area contributed by atoms with Crippen molar-refractivity contribution in [3.8, 4) is 0 Å². The minimum Gasteiger partial charge on any atom is -0.342 e. The number of rotatable bonds is 2. The fraction of sp³-hybridized carbons (Fsp3) is 0.222. The molecule has 6 nitrogen and oxygen atoms in total. The third kappa shape index (κ3) is 3.35. The molecule has 0 saturated carbocycles. The van der Waals surface area contributed by atoms with Crippen LogP contribution in [0.4, 0.5) is 0 Å². The molecular formula is C9H12N4O2. The first-order valence-electron chi connectivity index (χ1n) is 4.35. The number of nitrogens with zero attached hydrogens (tertiary/aromatic N) is 1. The van der Waals surface area contributed by atoms with Crippen LogP contribution in [0.15, 0.2) is 18.2 Å². The normalized spacial score (nSPS) is 9.47.